The minimum absolute atomic E-state index is 0.323. The summed E-state index contributed by atoms with van der Waals surface area (Å²) in [5.74, 6) is 0.715. The maximum atomic E-state index is 11.5. The summed E-state index contributed by atoms with van der Waals surface area (Å²) in [5, 5.41) is 0. The molecule has 0 fully saturated rings. The van der Waals surface area contributed by atoms with Gasteiger partial charge in [0.15, 0.2) is 9.84 Å². The Morgan fingerprint density at radius 2 is 1.80 bits per heavy atom. The average Bonchev–Trinajstić information content (AvgIpc) is 2.40. The van der Waals surface area contributed by atoms with Gasteiger partial charge in [0.2, 0.25) is 0 Å². The van der Waals surface area contributed by atoms with E-state index in [1.807, 2.05) is 13.1 Å². The van der Waals surface area contributed by atoms with Gasteiger partial charge in [-0.3, -0.25) is 0 Å². The molecule has 1 aromatic heterocycles. The first-order valence-corrected chi connectivity index (χ1v) is 8.44. The Balaban J connectivity index is 2.48. The monoisotopic (exact) mass is 290 g/mol. The predicted octanol–water partition coefficient (Wildman–Crippen LogP) is 2.81. The molecule has 1 heterocycles. The van der Waals surface area contributed by atoms with Crippen molar-refractivity contribution in [2.45, 2.75) is 31.6 Å². The van der Waals surface area contributed by atoms with Crippen molar-refractivity contribution >= 4 is 9.84 Å². The summed E-state index contributed by atoms with van der Waals surface area (Å²) in [6.07, 6.45) is 4.98. The first-order chi connectivity index (χ1) is 9.41. The van der Waals surface area contributed by atoms with Gasteiger partial charge in [-0.05, 0) is 31.0 Å². The SMILES string of the molecule is CCCc1cnc(C)nc1-c1ccc(S(C)(=O)=O)cc1. The Labute approximate surface area is 119 Å². The van der Waals surface area contributed by atoms with Crippen LogP contribution < -0.4 is 0 Å². The normalized spacial score (nSPS) is 11.6. The van der Waals surface area contributed by atoms with Gasteiger partial charge in [-0.25, -0.2) is 18.4 Å². The van der Waals surface area contributed by atoms with Gasteiger partial charge in [-0.1, -0.05) is 25.5 Å². The first-order valence-electron chi connectivity index (χ1n) is 6.55. The minimum Gasteiger partial charge on any atom is -0.241 e. The zero-order valence-corrected chi connectivity index (χ0v) is 12.7. The van der Waals surface area contributed by atoms with Gasteiger partial charge in [0.25, 0.3) is 0 Å². The maximum Gasteiger partial charge on any atom is 0.175 e. The Hall–Kier alpha value is -1.75. The van der Waals surface area contributed by atoms with Crippen LogP contribution in [0.3, 0.4) is 0 Å². The summed E-state index contributed by atoms with van der Waals surface area (Å²) in [6, 6.07) is 6.85. The number of rotatable bonds is 4. The zero-order valence-electron chi connectivity index (χ0n) is 11.9. The summed E-state index contributed by atoms with van der Waals surface area (Å²) in [6.45, 7) is 3.96. The number of hydrogen-bond acceptors (Lipinski definition) is 4. The highest BCUT2D eigenvalue weighted by molar-refractivity contribution is 7.90. The molecule has 2 rings (SSSR count). The average molecular weight is 290 g/mol. The number of hydrogen-bond donors (Lipinski definition) is 0. The van der Waals surface area contributed by atoms with Gasteiger partial charge in [-0.2, -0.15) is 0 Å². The molecule has 106 valence electrons. The van der Waals surface area contributed by atoms with Gasteiger partial charge >= 0.3 is 0 Å². The summed E-state index contributed by atoms with van der Waals surface area (Å²) in [4.78, 5) is 9.05. The largest absolute Gasteiger partial charge is 0.241 e. The van der Waals surface area contributed by atoms with Crippen LogP contribution in [0.4, 0.5) is 0 Å². The standard InChI is InChI=1S/C15H18N2O2S/c1-4-5-13-10-16-11(2)17-15(13)12-6-8-14(9-7-12)20(3,18)19/h6-10H,4-5H2,1-3H3. The Morgan fingerprint density at radius 3 is 2.35 bits per heavy atom. The minimum atomic E-state index is -3.16. The van der Waals surface area contributed by atoms with Crippen LogP contribution >= 0.6 is 0 Å². The molecular formula is C15H18N2O2S. The first kappa shape index (κ1) is 14.7. The predicted molar refractivity (Wildman–Crippen MR) is 79.3 cm³/mol. The molecular weight excluding hydrogens is 272 g/mol. The Kier molecular flexibility index (Phi) is 4.18. The van der Waals surface area contributed by atoms with Crippen LogP contribution in [0.2, 0.25) is 0 Å². The van der Waals surface area contributed by atoms with E-state index in [4.69, 9.17) is 0 Å². The van der Waals surface area contributed by atoms with Gasteiger partial charge in [0.05, 0.1) is 10.6 Å². The van der Waals surface area contributed by atoms with E-state index in [0.29, 0.717) is 10.7 Å². The molecule has 0 N–H and O–H groups in total. The molecule has 0 saturated carbocycles. The van der Waals surface area contributed by atoms with E-state index in [9.17, 15) is 8.42 Å². The maximum absolute atomic E-state index is 11.5. The van der Waals surface area contributed by atoms with Gasteiger partial charge < -0.3 is 0 Å². The van der Waals surface area contributed by atoms with Crippen molar-refractivity contribution in [3.63, 3.8) is 0 Å². The highest BCUT2D eigenvalue weighted by atomic mass is 32.2. The second-order valence-corrected chi connectivity index (χ2v) is 6.85. The Morgan fingerprint density at radius 1 is 1.15 bits per heavy atom. The molecule has 0 radical (unpaired) electrons. The van der Waals surface area contributed by atoms with Crippen molar-refractivity contribution in [2.24, 2.45) is 0 Å². The zero-order chi connectivity index (χ0) is 14.8. The van der Waals surface area contributed by atoms with Crippen molar-refractivity contribution in [1.29, 1.82) is 0 Å². The van der Waals surface area contributed by atoms with Gasteiger partial charge in [0.1, 0.15) is 5.82 Å². The fourth-order valence-corrected chi connectivity index (χ4v) is 2.69. The lowest BCUT2D eigenvalue weighted by atomic mass is 10.0. The fraction of sp³-hybridized carbons (Fsp3) is 0.333. The van der Waals surface area contributed by atoms with Crippen molar-refractivity contribution in [2.75, 3.05) is 6.26 Å². The Bertz CT molecular complexity index is 707. The molecule has 0 saturated heterocycles. The molecule has 2 aromatic rings. The van der Waals surface area contributed by atoms with Crippen molar-refractivity contribution in [1.82, 2.24) is 9.97 Å². The third-order valence-corrected chi connectivity index (χ3v) is 4.19. The molecule has 0 bridgehead atoms. The summed E-state index contributed by atoms with van der Waals surface area (Å²) in [5.41, 5.74) is 2.90. The number of nitrogens with zero attached hydrogens (tertiary/aromatic N) is 2. The molecule has 4 nitrogen and oxygen atoms in total. The van der Waals surface area contributed by atoms with Crippen molar-refractivity contribution in [3.8, 4) is 11.3 Å². The molecule has 0 amide bonds. The van der Waals surface area contributed by atoms with Crippen LogP contribution in [0.15, 0.2) is 35.4 Å². The number of sulfone groups is 1. The lowest BCUT2D eigenvalue weighted by Crippen LogP contribution is -1.99. The van der Waals surface area contributed by atoms with Crippen LogP contribution in [0.25, 0.3) is 11.3 Å². The van der Waals surface area contributed by atoms with E-state index in [2.05, 4.69) is 16.9 Å². The van der Waals surface area contributed by atoms with Gasteiger partial charge in [-0.15, -0.1) is 0 Å². The summed E-state index contributed by atoms with van der Waals surface area (Å²) >= 11 is 0. The second kappa shape index (κ2) is 5.71. The molecule has 1 aromatic carbocycles. The van der Waals surface area contributed by atoms with Gasteiger partial charge in [0, 0.05) is 18.0 Å². The highest BCUT2D eigenvalue weighted by Crippen LogP contribution is 2.23. The topological polar surface area (TPSA) is 59.9 Å². The van der Waals surface area contributed by atoms with E-state index in [1.165, 1.54) is 6.26 Å². The molecule has 0 spiro atoms. The van der Waals surface area contributed by atoms with Crippen LogP contribution in [-0.4, -0.2) is 24.6 Å². The van der Waals surface area contributed by atoms with Crippen LogP contribution in [-0.2, 0) is 16.3 Å². The highest BCUT2D eigenvalue weighted by Gasteiger charge is 2.10. The van der Waals surface area contributed by atoms with E-state index in [0.717, 1.165) is 29.7 Å². The molecule has 5 heteroatoms. The third-order valence-electron chi connectivity index (χ3n) is 3.06. The van der Waals surface area contributed by atoms with Crippen LogP contribution in [0.5, 0.6) is 0 Å². The van der Waals surface area contributed by atoms with E-state index in [-0.39, 0.29) is 0 Å². The molecule has 0 unspecified atom stereocenters. The number of aryl methyl sites for hydroxylation is 2. The second-order valence-electron chi connectivity index (χ2n) is 4.84. The van der Waals surface area contributed by atoms with E-state index in [1.54, 1.807) is 24.3 Å². The molecule has 0 aliphatic heterocycles. The van der Waals surface area contributed by atoms with Crippen LogP contribution in [0.1, 0.15) is 24.7 Å². The molecule has 0 aliphatic rings. The third kappa shape index (κ3) is 3.22. The summed E-state index contributed by atoms with van der Waals surface area (Å²) < 4.78 is 23.0. The summed E-state index contributed by atoms with van der Waals surface area (Å²) in [7, 11) is -3.16. The number of aromatic nitrogens is 2. The van der Waals surface area contributed by atoms with E-state index < -0.39 is 9.84 Å². The lowest BCUT2D eigenvalue weighted by Gasteiger charge is -2.09. The van der Waals surface area contributed by atoms with E-state index >= 15 is 0 Å². The fourth-order valence-electron chi connectivity index (χ4n) is 2.06. The lowest BCUT2D eigenvalue weighted by molar-refractivity contribution is 0.602. The smallest absolute Gasteiger partial charge is 0.175 e. The molecule has 20 heavy (non-hydrogen) atoms. The number of benzene rings is 1. The van der Waals surface area contributed by atoms with Crippen molar-refractivity contribution < 1.29 is 8.42 Å². The quantitative estimate of drug-likeness (QED) is 0.868. The molecule has 0 aliphatic carbocycles. The molecule has 0 atom stereocenters. The van der Waals surface area contributed by atoms with Crippen LogP contribution in [0, 0.1) is 6.92 Å². The van der Waals surface area contributed by atoms with Crippen molar-refractivity contribution in [3.05, 3.63) is 41.9 Å².